The van der Waals surface area contributed by atoms with E-state index in [1.165, 1.54) is 0 Å². The monoisotopic (exact) mass is 203 g/mol. The number of carbonyl (C=O) groups excluding carboxylic acids is 1. The van der Waals surface area contributed by atoms with Crippen LogP contribution in [-0.2, 0) is 14.3 Å². The van der Waals surface area contributed by atoms with Crippen molar-refractivity contribution < 1.29 is 14.3 Å². The van der Waals surface area contributed by atoms with E-state index >= 15 is 0 Å². The maximum Gasteiger partial charge on any atom is 0.323 e. The number of nitrogens with two attached hydrogens (primary N) is 1. The molecule has 0 aromatic heterocycles. The lowest BCUT2D eigenvalue weighted by Crippen LogP contribution is -2.43. The molecule has 0 heterocycles. The molecule has 0 aromatic carbocycles. The van der Waals surface area contributed by atoms with Crippen LogP contribution in [0.5, 0.6) is 0 Å². The topological polar surface area (TPSA) is 61.5 Å². The van der Waals surface area contributed by atoms with Crippen molar-refractivity contribution in [3.05, 3.63) is 0 Å². The van der Waals surface area contributed by atoms with Crippen molar-refractivity contribution in [3.63, 3.8) is 0 Å². The van der Waals surface area contributed by atoms with Gasteiger partial charge in [0.05, 0.1) is 6.61 Å². The summed E-state index contributed by atoms with van der Waals surface area (Å²) in [6, 6.07) is -0.565. The van der Waals surface area contributed by atoms with Gasteiger partial charge in [-0.2, -0.15) is 0 Å². The summed E-state index contributed by atoms with van der Waals surface area (Å²) in [5, 5.41) is 0. The van der Waals surface area contributed by atoms with Crippen LogP contribution >= 0.6 is 0 Å². The van der Waals surface area contributed by atoms with Crippen molar-refractivity contribution in [2.45, 2.75) is 33.2 Å². The second-order valence-corrected chi connectivity index (χ2v) is 4.36. The molecule has 0 aliphatic carbocycles. The highest BCUT2D eigenvalue weighted by atomic mass is 16.5. The minimum absolute atomic E-state index is 0.252. The molecule has 0 saturated carbocycles. The summed E-state index contributed by atoms with van der Waals surface area (Å²) in [5.41, 5.74) is 5.45. The highest BCUT2D eigenvalue weighted by molar-refractivity contribution is 5.76. The Bertz CT molecular complexity index is 175. The number of carbonyl (C=O) groups is 1. The fourth-order valence-corrected chi connectivity index (χ4v) is 0.819. The second-order valence-electron chi connectivity index (χ2n) is 4.36. The van der Waals surface area contributed by atoms with Crippen LogP contribution in [0, 0.1) is 5.41 Å². The van der Waals surface area contributed by atoms with Gasteiger partial charge in [-0.3, -0.25) is 4.79 Å². The largest absolute Gasteiger partial charge is 0.464 e. The van der Waals surface area contributed by atoms with E-state index < -0.39 is 6.04 Å². The quantitative estimate of drug-likeness (QED) is 0.533. The summed E-state index contributed by atoms with van der Waals surface area (Å²) in [6.07, 6.45) is 0.707. The Morgan fingerprint density at radius 1 is 1.36 bits per heavy atom. The number of esters is 1. The van der Waals surface area contributed by atoms with Crippen molar-refractivity contribution in [1.29, 1.82) is 0 Å². The lowest BCUT2D eigenvalue weighted by Gasteiger charge is -2.24. The fraction of sp³-hybridized carbons (Fsp3) is 0.900. The zero-order valence-corrected chi connectivity index (χ0v) is 9.50. The van der Waals surface area contributed by atoms with Gasteiger partial charge in [-0.25, -0.2) is 0 Å². The Morgan fingerprint density at radius 3 is 2.36 bits per heavy atom. The number of methoxy groups -OCH3 is 1. The zero-order chi connectivity index (χ0) is 11.2. The Morgan fingerprint density at radius 2 is 1.93 bits per heavy atom. The highest BCUT2D eigenvalue weighted by Crippen LogP contribution is 2.18. The molecule has 0 saturated heterocycles. The van der Waals surface area contributed by atoms with Gasteiger partial charge in [0.15, 0.2) is 0 Å². The predicted molar refractivity (Wildman–Crippen MR) is 54.9 cm³/mol. The maximum atomic E-state index is 11.4. The lowest BCUT2D eigenvalue weighted by molar-refractivity contribution is -0.148. The van der Waals surface area contributed by atoms with Crippen LogP contribution < -0.4 is 5.73 Å². The van der Waals surface area contributed by atoms with Crippen molar-refractivity contribution in [2.75, 3.05) is 20.3 Å². The van der Waals surface area contributed by atoms with Crippen LogP contribution in [0.2, 0.25) is 0 Å². The molecule has 0 aliphatic heterocycles. The van der Waals surface area contributed by atoms with Crippen LogP contribution in [0.15, 0.2) is 0 Å². The highest BCUT2D eigenvalue weighted by Gasteiger charge is 2.28. The molecule has 0 amide bonds. The summed E-state index contributed by atoms with van der Waals surface area (Å²) in [4.78, 5) is 11.4. The van der Waals surface area contributed by atoms with Gasteiger partial charge in [-0.05, 0) is 5.41 Å². The first-order chi connectivity index (χ1) is 6.39. The summed E-state index contributed by atoms with van der Waals surface area (Å²) in [7, 11) is 1.61. The molecular formula is C10H21NO3. The Hall–Kier alpha value is -0.610. The zero-order valence-electron chi connectivity index (χ0n) is 9.50. The van der Waals surface area contributed by atoms with Gasteiger partial charge < -0.3 is 15.2 Å². The number of ether oxygens (including phenoxy) is 2. The number of rotatable bonds is 5. The SMILES string of the molecule is COCCCOC(=O)[C@H](N)C(C)(C)C. The molecule has 0 rings (SSSR count). The standard InChI is InChI=1S/C10H21NO3/c1-10(2,3)8(11)9(12)14-7-5-6-13-4/h8H,5-7,11H2,1-4H3/t8-/m0/s1. The van der Waals surface area contributed by atoms with E-state index in [-0.39, 0.29) is 11.4 Å². The molecule has 2 N–H and O–H groups in total. The smallest absolute Gasteiger partial charge is 0.323 e. The molecule has 0 unspecified atom stereocenters. The van der Waals surface area contributed by atoms with Crippen LogP contribution in [0.3, 0.4) is 0 Å². The first-order valence-electron chi connectivity index (χ1n) is 4.80. The van der Waals surface area contributed by atoms with Gasteiger partial charge in [-0.1, -0.05) is 20.8 Å². The van der Waals surface area contributed by atoms with Crippen molar-refractivity contribution in [1.82, 2.24) is 0 Å². The summed E-state index contributed by atoms with van der Waals surface area (Å²) < 4.78 is 9.82. The lowest BCUT2D eigenvalue weighted by atomic mass is 9.87. The Kier molecular flexibility index (Phi) is 5.72. The van der Waals surface area contributed by atoms with Gasteiger partial charge >= 0.3 is 5.97 Å². The van der Waals surface area contributed by atoms with E-state index in [1.807, 2.05) is 20.8 Å². The molecule has 0 aromatic rings. The first-order valence-corrected chi connectivity index (χ1v) is 4.80. The molecule has 0 fully saturated rings. The third kappa shape index (κ3) is 5.19. The molecule has 14 heavy (non-hydrogen) atoms. The summed E-state index contributed by atoms with van der Waals surface area (Å²) in [6.45, 7) is 6.70. The van der Waals surface area contributed by atoms with E-state index in [9.17, 15) is 4.79 Å². The maximum absolute atomic E-state index is 11.4. The average Bonchev–Trinajstić information content (AvgIpc) is 2.09. The van der Waals surface area contributed by atoms with Gasteiger partial charge in [0, 0.05) is 20.1 Å². The van der Waals surface area contributed by atoms with Crippen LogP contribution in [0.25, 0.3) is 0 Å². The van der Waals surface area contributed by atoms with Crippen LogP contribution in [0.1, 0.15) is 27.2 Å². The summed E-state index contributed by atoms with van der Waals surface area (Å²) >= 11 is 0. The molecule has 1 atom stereocenters. The second kappa shape index (κ2) is 5.98. The van der Waals surface area contributed by atoms with Crippen LogP contribution in [0.4, 0.5) is 0 Å². The van der Waals surface area contributed by atoms with E-state index in [1.54, 1.807) is 7.11 Å². The Balaban J connectivity index is 3.74. The van der Waals surface area contributed by atoms with Crippen molar-refractivity contribution >= 4 is 5.97 Å². The molecular weight excluding hydrogens is 182 g/mol. The molecule has 0 spiro atoms. The molecule has 4 heteroatoms. The first kappa shape index (κ1) is 13.4. The average molecular weight is 203 g/mol. The van der Waals surface area contributed by atoms with E-state index in [0.717, 1.165) is 0 Å². The molecule has 0 bridgehead atoms. The van der Waals surface area contributed by atoms with Gasteiger partial charge in [0.2, 0.25) is 0 Å². The van der Waals surface area contributed by atoms with Gasteiger partial charge in [0.1, 0.15) is 6.04 Å². The fourth-order valence-electron chi connectivity index (χ4n) is 0.819. The molecule has 84 valence electrons. The Labute approximate surface area is 85.8 Å². The van der Waals surface area contributed by atoms with E-state index in [2.05, 4.69) is 0 Å². The molecule has 0 aliphatic rings. The summed E-state index contributed by atoms with van der Waals surface area (Å²) in [5.74, 6) is -0.339. The van der Waals surface area contributed by atoms with Crippen molar-refractivity contribution in [3.8, 4) is 0 Å². The van der Waals surface area contributed by atoms with Crippen LogP contribution in [-0.4, -0.2) is 32.3 Å². The minimum atomic E-state index is -0.565. The third-order valence-corrected chi connectivity index (χ3v) is 1.92. The van der Waals surface area contributed by atoms with E-state index in [4.69, 9.17) is 15.2 Å². The number of hydrogen-bond donors (Lipinski definition) is 1. The van der Waals surface area contributed by atoms with Gasteiger partial charge in [0.25, 0.3) is 0 Å². The van der Waals surface area contributed by atoms with Crippen molar-refractivity contribution in [2.24, 2.45) is 11.1 Å². The molecule has 0 radical (unpaired) electrons. The third-order valence-electron chi connectivity index (χ3n) is 1.92. The predicted octanol–water partition coefficient (Wildman–Crippen LogP) is 0.939. The molecule has 4 nitrogen and oxygen atoms in total. The van der Waals surface area contributed by atoms with E-state index in [0.29, 0.717) is 19.6 Å². The normalized spacial score (nSPS) is 13.8. The van der Waals surface area contributed by atoms with Gasteiger partial charge in [-0.15, -0.1) is 0 Å². The minimum Gasteiger partial charge on any atom is -0.464 e. The number of hydrogen-bond acceptors (Lipinski definition) is 4.